The molecule has 0 bridgehead atoms. The average Bonchev–Trinajstić information content (AvgIpc) is 3.17. The Morgan fingerprint density at radius 1 is 1.03 bits per heavy atom. The number of methoxy groups -OCH3 is 1. The standard InChI is InChI=1S/C25H29N7O/c1-30-10-12-32(13-11-30)23-15-24(33-3)19(26)14-21(23)29-25-27-9-8-20(28-25)18-16-31(2)22-7-5-4-6-17(18)22/h4-9,14-16H,10-13,26H2,1-3H3,(H,27,28,29). The summed E-state index contributed by atoms with van der Waals surface area (Å²) < 4.78 is 7.62. The predicted molar refractivity (Wildman–Crippen MR) is 134 cm³/mol. The fourth-order valence-corrected chi connectivity index (χ4v) is 4.41. The number of fused-ring (bicyclic) bond motifs is 1. The Kier molecular flexibility index (Phi) is 5.51. The second-order valence-electron chi connectivity index (χ2n) is 8.46. The van der Waals surface area contributed by atoms with Gasteiger partial charge in [0.15, 0.2) is 0 Å². The largest absolute Gasteiger partial charge is 0.495 e. The normalized spacial score (nSPS) is 14.6. The first-order chi connectivity index (χ1) is 16.0. The van der Waals surface area contributed by atoms with E-state index in [1.807, 2.05) is 24.3 Å². The van der Waals surface area contributed by atoms with Crippen molar-refractivity contribution in [1.82, 2.24) is 19.4 Å². The third-order valence-electron chi connectivity index (χ3n) is 6.27. The van der Waals surface area contributed by atoms with Crippen molar-refractivity contribution in [2.24, 2.45) is 7.05 Å². The molecule has 0 atom stereocenters. The number of likely N-dealkylation sites (N-methyl/N-ethyl adjacent to an activating group) is 1. The molecule has 5 rings (SSSR count). The highest BCUT2D eigenvalue weighted by Crippen LogP contribution is 2.37. The van der Waals surface area contributed by atoms with Crippen LogP contribution in [0, 0.1) is 0 Å². The van der Waals surface area contributed by atoms with Crippen molar-refractivity contribution in [1.29, 1.82) is 0 Å². The molecule has 1 fully saturated rings. The molecular weight excluding hydrogens is 414 g/mol. The lowest BCUT2D eigenvalue weighted by Gasteiger charge is -2.35. The van der Waals surface area contributed by atoms with Gasteiger partial charge in [-0.2, -0.15) is 0 Å². The number of anilines is 4. The van der Waals surface area contributed by atoms with E-state index in [1.165, 1.54) is 5.52 Å². The van der Waals surface area contributed by atoms with Crippen LogP contribution in [0.1, 0.15) is 0 Å². The van der Waals surface area contributed by atoms with Crippen LogP contribution in [0.5, 0.6) is 5.75 Å². The van der Waals surface area contributed by atoms with Crippen LogP contribution < -0.4 is 20.7 Å². The molecule has 33 heavy (non-hydrogen) atoms. The Hall–Kier alpha value is -3.78. The molecule has 8 heteroatoms. The van der Waals surface area contributed by atoms with Crippen molar-refractivity contribution in [3.63, 3.8) is 0 Å². The Bertz CT molecular complexity index is 1290. The monoisotopic (exact) mass is 443 g/mol. The molecule has 0 saturated carbocycles. The molecule has 2 aromatic carbocycles. The summed E-state index contributed by atoms with van der Waals surface area (Å²) >= 11 is 0. The van der Waals surface area contributed by atoms with Crippen LogP contribution in [0.15, 0.2) is 54.9 Å². The molecule has 0 unspecified atom stereocenters. The Morgan fingerprint density at radius 3 is 2.61 bits per heavy atom. The summed E-state index contributed by atoms with van der Waals surface area (Å²) in [6, 6.07) is 14.2. The summed E-state index contributed by atoms with van der Waals surface area (Å²) in [5, 5.41) is 4.58. The molecular formula is C25H29N7O. The van der Waals surface area contributed by atoms with Crippen molar-refractivity contribution in [3.05, 3.63) is 54.9 Å². The van der Waals surface area contributed by atoms with Crippen LogP contribution in [0.2, 0.25) is 0 Å². The van der Waals surface area contributed by atoms with Crippen LogP contribution in [-0.2, 0) is 7.05 Å². The van der Waals surface area contributed by atoms with Gasteiger partial charge in [0.25, 0.3) is 0 Å². The number of para-hydroxylation sites is 1. The minimum atomic E-state index is 0.528. The number of benzene rings is 2. The number of aryl methyl sites for hydroxylation is 1. The van der Waals surface area contributed by atoms with Gasteiger partial charge in [-0.1, -0.05) is 18.2 Å². The zero-order valence-electron chi connectivity index (χ0n) is 19.2. The van der Waals surface area contributed by atoms with E-state index >= 15 is 0 Å². The highest BCUT2D eigenvalue weighted by Gasteiger charge is 2.20. The fraction of sp³-hybridized carbons (Fsp3) is 0.280. The van der Waals surface area contributed by atoms with Crippen LogP contribution in [-0.4, -0.2) is 59.8 Å². The molecule has 0 aliphatic carbocycles. The highest BCUT2D eigenvalue weighted by atomic mass is 16.5. The minimum Gasteiger partial charge on any atom is -0.495 e. The van der Waals surface area contributed by atoms with Gasteiger partial charge >= 0.3 is 0 Å². The van der Waals surface area contributed by atoms with Crippen molar-refractivity contribution in [2.45, 2.75) is 0 Å². The van der Waals surface area contributed by atoms with Crippen molar-refractivity contribution in [3.8, 4) is 17.0 Å². The molecule has 8 nitrogen and oxygen atoms in total. The molecule has 3 N–H and O–H groups in total. The van der Waals surface area contributed by atoms with Crippen molar-refractivity contribution < 1.29 is 4.74 Å². The number of aromatic nitrogens is 3. The number of nitrogen functional groups attached to an aromatic ring is 1. The summed E-state index contributed by atoms with van der Waals surface area (Å²) in [5.74, 6) is 1.19. The number of hydrogen-bond donors (Lipinski definition) is 2. The molecule has 1 saturated heterocycles. The van der Waals surface area contributed by atoms with E-state index in [9.17, 15) is 0 Å². The topological polar surface area (TPSA) is 84.5 Å². The number of hydrogen-bond acceptors (Lipinski definition) is 7. The number of ether oxygens (including phenoxy) is 1. The van der Waals surface area contributed by atoms with Gasteiger partial charge in [-0.25, -0.2) is 9.97 Å². The Labute approximate surface area is 193 Å². The van der Waals surface area contributed by atoms with Gasteiger partial charge in [0, 0.05) is 68.2 Å². The van der Waals surface area contributed by atoms with Gasteiger partial charge in [-0.3, -0.25) is 0 Å². The van der Waals surface area contributed by atoms with Crippen LogP contribution in [0.4, 0.5) is 23.0 Å². The first-order valence-electron chi connectivity index (χ1n) is 11.1. The third kappa shape index (κ3) is 4.05. The number of rotatable bonds is 5. The number of nitrogens with one attached hydrogen (secondary N) is 1. The first kappa shape index (κ1) is 21.1. The molecule has 1 aliphatic heterocycles. The van der Waals surface area contributed by atoms with Gasteiger partial charge in [-0.15, -0.1) is 0 Å². The first-order valence-corrected chi connectivity index (χ1v) is 11.1. The van der Waals surface area contributed by atoms with Gasteiger partial charge in [0.1, 0.15) is 5.75 Å². The van der Waals surface area contributed by atoms with Crippen LogP contribution in [0.25, 0.3) is 22.2 Å². The van der Waals surface area contributed by atoms with Crippen LogP contribution >= 0.6 is 0 Å². The molecule has 4 aromatic rings. The lowest BCUT2D eigenvalue weighted by molar-refractivity contribution is 0.313. The van der Waals surface area contributed by atoms with Gasteiger partial charge < -0.3 is 30.2 Å². The molecule has 1 aliphatic rings. The number of nitrogens with zero attached hydrogens (tertiary/aromatic N) is 5. The molecule has 2 aromatic heterocycles. The average molecular weight is 444 g/mol. The van der Waals surface area contributed by atoms with Crippen molar-refractivity contribution in [2.75, 3.05) is 56.3 Å². The quantitative estimate of drug-likeness (QED) is 0.455. The molecule has 0 spiro atoms. The smallest absolute Gasteiger partial charge is 0.227 e. The van der Waals surface area contributed by atoms with Gasteiger partial charge in [-0.05, 0) is 25.2 Å². The molecule has 0 radical (unpaired) electrons. The fourth-order valence-electron chi connectivity index (χ4n) is 4.41. The van der Waals surface area contributed by atoms with E-state index in [0.717, 1.165) is 54.2 Å². The summed E-state index contributed by atoms with van der Waals surface area (Å²) in [6.45, 7) is 3.85. The van der Waals surface area contributed by atoms with E-state index in [-0.39, 0.29) is 0 Å². The summed E-state index contributed by atoms with van der Waals surface area (Å²) in [5.41, 5.74) is 11.8. The Morgan fingerprint density at radius 2 is 1.82 bits per heavy atom. The van der Waals surface area contributed by atoms with Crippen LogP contribution in [0.3, 0.4) is 0 Å². The lowest BCUT2D eigenvalue weighted by atomic mass is 10.1. The Balaban J connectivity index is 1.51. The highest BCUT2D eigenvalue weighted by molar-refractivity contribution is 5.95. The van der Waals surface area contributed by atoms with Gasteiger partial charge in [0.2, 0.25) is 5.95 Å². The maximum atomic E-state index is 6.26. The van der Waals surface area contributed by atoms with E-state index in [1.54, 1.807) is 13.3 Å². The third-order valence-corrected chi connectivity index (χ3v) is 6.27. The maximum Gasteiger partial charge on any atom is 0.227 e. The number of piperazine rings is 1. The lowest BCUT2D eigenvalue weighted by Crippen LogP contribution is -2.44. The van der Waals surface area contributed by atoms with E-state index in [4.69, 9.17) is 15.5 Å². The number of nitrogens with two attached hydrogens (primary N) is 1. The zero-order valence-corrected chi connectivity index (χ0v) is 19.2. The second-order valence-corrected chi connectivity index (χ2v) is 8.46. The van der Waals surface area contributed by atoms with Crippen molar-refractivity contribution >= 4 is 33.9 Å². The summed E-state index contributed by atoms with van der Waals surface area (Å²) in [4.78, 5) is 14.0. The maximum absolute atomic E-state index is 6.26. The molecule has 3 heterocycles. The SMILES string of the molecule is COc1cc(N2CCN(C)CC2)c(Nc2nccc(-c3cn(C)c4ccccc34)n2)cc1N. The molecule has 170 valence electrons. The molecule has 0 amide bonds. The predicted octanol–water partition coefficient (Wildman–Crippen LogP) is 3.72. The second kappa shape index (κ2) is 8.63. The summed E-state index contributed by atoms with van der Waals surface area (Å²) in [6.07, 6.45) is 3.90. The van der Waals surface area contributed by atoms with Gasteiger partial charge in [0.05, 0.1) is 29.9 Å². The minimum absolute atomic E-state index is 0.528. The van der Waals surface area contributed by atoms with E-state index in [0.29, 0.717) is 17.4 Å². The summed E-state index contributed by atoms with van der Waals surface area (Å²) in [7, 11) is 5.84. The van der Waals surface area contributed by atoms with E-state index in [2.05, 4.69) is 63.2 Å². The zero-order chi connectivity index (χ0) is 22.9. The van der Waals surface area contributed by atoms with E-state index < -0.39 is 0 Å².